The molecule has 2 aliphatic rings. The van der Waals surface area contributed by atoms with Gasteiger partial charge >= 0.3 is 11.9 Å². The first-order chi connectivity index (χ1) is 12.7. The minimum atomic E-state index is -0.617. The van der Waals surface area contributed by atoms with Crippen LogP contribution in [-0.2, 0) is 19.1 Å². The summed E-state index contributed by atoms with van der Waals surface area (Å²) in [5.74, 6) is 0.834. The molecule has 4 nitrogen and oxygen atoms in total. The highest BCUT2D eigenvalue weighted by molar-refractivity contribution is 5.82. The number of carbonyl (C=O) groups is 2. The van der Waals surface area contributed by atoms with Crippen LogP contribution in [-0.4, -0.2) is 23.1 Å². The lowest BCUT2D eigenvalue weighted by atomic mass is 9.62. The van der Waals surface area contributed by atoms with Crippen molar-refractivity contribution >= 4 is 11.9 Å². The standard InChI is InChI=1S/C23H36O4/c1-7-20(24)26-22(11-9-16(3)13-18(22)5)15-23(27-21(25)8-2)12-10-17(4)14-19(23)6/h7-8,16-19H,1-2,9-15H2,3-6H3. The van der Waals surface area contributed by atoms with Crippen molar-refractivity contribution in [1.82, 2.24) is 0 Å². The second-order valence-electron chi connectivity index (χ2n) is 9.12. The summed E-state index contributed by atoms with van der Waals surface area (Å²) in [5.41, 5.74) is -1.23. The predicted molar refractivity (Wildman–Crippen MR) is 107 cm³/mol. The number of rotatable bonds is 6. The maximum Gasteiger partial charge on any atom is 0.330 e. The van der Waals surface area contributed by atoms with Crippen LogP contribution in [0, 0.1) is 23.7 Å². The van der Waals surface area contributed by atoms with Crippen LogP contribution in [0.5, 0.6) is 0 Å². The molecule has 0 aliphatic heterocycles. The number of esters is 2. The minimum Gasteiger partial charge on any atom is -0.455 e. The number of carbonyl (C=O) groups excluding carboxylic acids is 2. The Hall–Kier alpha value is -1.58. The third-order valence-corrected chi connectivity index (χ3v) is 6.97. The highest BCUT2D eigenvalue weighted by atomic mass is 16.6. The van der Waals surface area contributed by atoms with Gasteiger partial charge in [-0.15, -0.1) is 0 Å². The molecule has 0 bridgehead atoms. The largest absolute Gasteiger partial charge is 0.455 e. The van der Waals surface area contributed by atoms with E-state index in [1.54, 1.807) is 0 Å². The van der Waals surface area contributed by atoms with Gasteiger partial charge in [-0.05, 0) is 62.2 Å². The van der Waals surface area contributed by atoms with Crippen LogP contribution in [0.2, 0.25) is 0 Å². The molecule has 6 atom stereocenters. The molecule has 0 radical (unpaired) electrons. The lowest BCUT2D eigenvalue weighted by Gasteiger charge is -2.52. The van der Waals surface area contributed by atoms with Gasteiger partial charge in [0.05, 0.1) is 0 Å². The molecule has 2 saturated carbocycles. The van der Waals surface area contributed by atoms with Gasteiger partial charge in [0.1, 0.15) is 11.2 Å². The molecule has 152 valence electrons. The quantitative estimate of drug-likeness (QED) is 0.471. The Balaban J connectivity index is 2.39. The Bertz CT molecular complexity index is 533. The van der Waals surface area contributed by atoms with E-state index >= 15 is 0 Å². The molecule has 0 spiro atoms. The van der Waals surface area contributed by atoms with E-state index in [4.69, 9.17) is 9.47 Å². The van der Waals surface area contributed by atoms with Crippen LogP contribution in [0.1, 0.15) is 72.6 Å². The summed E-state index contributed by atoms with van der Waals surface area (Å²) in [6.45, 7) is 16.0. The van der Waals surface area contributed by atoms with Crippen molar-refractivity contribution in [2.75, 3.05) is 0 Å². The molecular formula is C23H36O4. The van der Waals surface area contributed by atoms with Crippen molar-refractivity contribution in [1.29, 1.82) is 0 Å². The summed E-state index contributed by atoms with van der Waals surface area (Å²) in [5, 5.41) is 0. The fourth-order valence-corrected chi connectivity index (χ4v) is 5.24. The van der Waals surface area contributed by atoms with Crippen molar-refractivity contribution in [2.24, 2.45) is 23.7 Å². The van der Waals surface area contributed by atoms with Crippen molar-refractivity contribution in [2.45, 2.75) is 83.8 Å². The maximum absolute atomic E-state index is 12.2. The predicted octanol–water partition coefficient (Wildman–Crippen LogP) is 5.22. The Morgan fingerprint density at radius 1 is 0.852 bits per heavy atom. The van der Waals surface area contributed by atoms with Crippen molar-refractivity contribution in [3.63, 3.8) is 0 Å². The summed E-state index contributed by atoms with van der Waals surface area (Å²) in [7, 11) is 0. The molecule has 4 heteroatoms. The van der Waals surface area contributed by atoms with Crippen LogP contribution < -0.4 is 0 Å². The van der Waals surface area contributed by atoms with Crippen molar-refractivity contribution < 1.29 is 19.1 Å². The smallest absolute Gasteiger partial charge is 0.330 e. The zero-order valence-corrected chi connectivity index (χ0v) is 17.5. The number of hydrogen-bond donors (Lipinski definition) is 0. The van der Waals surface area contributed by atoms with E-state index in [2.05, 4.69) is 40.9 Å². The zero-order chi connectivity index (χ0) is 20.2. The lowest BCUT2D eigenvalue weighted by Crippen LogP contribution is -2.55. The van der Waals surface area contributed by atoms with E-state index in [1.807, 2.05) is 0 Å². The second-order valence-corrected chi connectivity index (χ2v) is 9.12. The van der Waals surface area contributed by atoms with E-state index in [-0.39, 0.29) is 11.8 Å². The fourth-order valence-electron chi connectivity index (χ4n) is 5.24. The molecule has 0 N–H and O–H groups in total. The third kappa shape index (κ3) is 4.83. The lowest BCUT2D eigenvalue weighted by molar-refractivity contribution is -0.198. The molecule has 0 saturated heterocycles. The minimum absolute atomic E-state index is 0.205. The molecule has 0 aromatic rings. The van der Waals surface area contributed by atoms with Gasteiger partial charge in [-0.1, -0.05) is 40.9 Å². The van der Waals surface area contributed by atoms with Gasteiger partial charge in [-0.2, -0.15) is 0 Å². The highest BCUT2D eigenvalue weighted by Crippen LogP contribution is 2.51. The fraction of sp³-hybridized carbons (Fsp3) is 0.739. The molecule has 6 unspecified atom stereocenters. The van der Waals surface area contributed by atoms with E-state index in [0.29, 0.717) is 18.3 Å². The molecule has 0 amide bonds. The summed E-state index contributed by atoms with van der Waals surface area (Å²) in [4.78, 5) is 24.4. The van der Waals surface area contributed by atoms with Gasteiger partial charge in [-0.3, -0.25) is 0 Å². The average molecular weight is 377 g/mol. The Kier molecular flexibility index (Phi) is 6.93. The Labute approximate surface area is 164 Å². The molecule has 0 aromatic carbocycles. The second kappa shape index (κ2) is 8.62. The van der Waals surface area contributed by atoms with E-state index in [0.717, 1.165) is 38.5 Å². The van der Waals surface area contributed by atoms with Crippen molar-refractivity contribution in [3.8, 4) is 0 Å². The van der Waals surface area contributed by atoms with Crippen LogP contribution in [0.15, 0.2) is 25.3 Å². The topological polar surface area (TPSA) is 52.6 Å². The molecule has 2 aliphatic carbocycles. The molecule has 27 heavy (non-hydrogen) atoms. The van der Waals surface area contributed by atoms with Crippen molar-refractivity contribution in [3.05, 3.63) is 25.3 Å². The van der Waals surface area contributed by atoms with Gasteiger partial charge in [0.25, 0.3) is 0 Å². The maximum atomic E-state index is 12.2. The highest BCUT2D eigenvalue weighted by Gasteiger charge is 2.53. The van der Waals surface area contributed by atoms with E-state index < -0.39 is 23.1 Å². The third-order valence-electron chi connectivity index (χ3n) is 6.97. The van der Waals surface area contributed by atoms with Crippen LogP contribution >= 0.6 is 0 Å². The summed E-state index contributed by atoms with van der Waals surface area (Å²) in [6, 6.07) is 0. The molecule has 0 aromatic heterocycles. The Morgan fingerprint density at radius 3 is 1.52 bits per heavy atom. The summed E-state index contributed by atoms with van der Waals surface area (Å²) < 4.78 is 12.1. The molecular weight excluding hydrogens is 340 g/mol. The monoisotopic (exact) mass is 376 g/mol. The molecule has 2 fully saturated rings. The number of hydrogen-bond acceptors (Lipinski definition) is 4. The molecule has 0 heterocycles. The van der Waals surface area contributed by atoms with Gasteiger partial charge in [0.2, 0.25) is 0 Å². The van der Waals surface area contributed by atoms with E-state index in [9.17, 15) is 9.59 Å². The summed E-state index contributed by atoms with van der Waals surface area (Å²) in [6.07, 6.45) is 8.64. The van der Waals surface area contributed by atoms with Gasteiger partial charge < -0.3 is 9.47 Å². The van der Waals surface area contributed by atoms with Crippen LogP contribution in [0.3, 0.4) is 0 Å². The Morgan fingerprint density at radius 2 is 1.22 bits per heavy atom. The number of ether oxygens (including phenoxy) is 2. The first kappa shape index (κ1) is 21.7. The van der Waals surface area contributed by atoms with Gasteiger partial charge in [-0.25, -0.2) is 9.59 Å². The zero-order valence-electron chi connectivity index (χ0n) is 17.5. The average Bonchev–Trinajstić information content (AvgIpc) is 2.61. The first-order valence-corrected chi connectivity index (χ1v) is 10.4. The van der Waals surface area contributed by atoms with E-state index in [1.165, 1.54) is 12.2 Å². The normalized spacial score (nSPS) is 39.3. The molecule has 2 rings (SSSR count). The SMILES string of the molecule is C=CC(=O)OC1(CC2(OC(=O)C=C)CCC(C)CC2C)CCC(C)CC1C. The van der Waals surface area contributed by atoms with Crippen LogP contribution in [0.25, 0.3) is 0 Å². The van der Waals surface area contributed by atoms with Gasteiger partial charge in [0, 0.05) is 18.6 Å². The first-order valence-electron chi connectivity index (χ1n) is 10.4. The summed E-state index contributed by atoms with van der Waals surface area (Å²) >= 11 is 0. The van der Waals surface area contributed by atoms with Crippen LogP contribution in [0.4, 0.5) is 0 Å². The van der Waals surface area contributed by atoms with Gasteiger partial charge in [0.15, 0.2) is 0 Å².